The van der Waals surface area contributed by atoms with Gasteiger partial charge in [0, 0.05) is 22.6 Å². The minimum atomic E-state index is -0.267. The zero-order valence-electron chi connectivity index (χ0n) is 15.8. The van der Waals surface area contributed by atoms with E-state index in [1.54, 1.807) is 12.1 Å². The summed E-state index contributed by atoms with van der Waals surface area (Å²) in [5.41, 5.74) is 6.87. The highest BCUT2D eigenvalue weighted by molar-refractivity contribution is 5.80. The molecule has 2 aromatic carbocycles. The minimum Gasteiger partial charge on any atom is -0.339 e. The number of fused-ring (bicyclic) bond motifs is 1. The molecule has 27 heavy (non-hydrogen) atoms. The van der Waals surface area contributed by atoms with Crippen LogP contribution >= 0.6 is 0 Å². The molecule has 4 aromatic rings. The van der Waals surface area contributed by atoms with E-state index < -0.39 is 0 Å². The molecule has 0 unspecified atom stereocenters. The van der Waals surface area contributed by atoms with Crippen molar-refractivity contribution in [2.45, 2.75) is 27.7 Å². The van der Waals surface area contributed by atoms with Crippen molar-refractivity contribution < 1.29 is 4.39 Å². The van der Waals surface area contributed by atoms with Crippen molar-refractivity contribution in [3.05, 3.63) is 76.9 Å². The predicted octanol–water partition coefficient (Wildman–Crippen LogP) is 5.51. The zero-order valence-corrected chi connectivity index (χ0v) is 15.8. The van der Waals surface area contributed by atoms with Gasteiger partial charge in [-0.2, -0.15) is 0 Å². The lowest BCUT2D eigenvalue weighted by Crippen LogP contribution is -2.03. The summed E-state index contributed by atoms with van der Waals surface area (Å²) in [6.45, 7) is 8.14. The van der Waals surface area contributed by atoms with Crippen LogP contribution in [0.1, 0.15) is 22.5 Å². The number of aromatic nitrogens is 3. The first-order valence-electron chi connectivity index (χ1n) is 8.90. The summed E-state index contributed by atoms with van der Waals surface area (Å²) in [5, 5.41) is 3.57. The Kier molecular flexibility index (Phi) is 4.15. The fourth-order valence-electron chi connectivity index (χ4n) is 3.43. The normalized spacial score (nSPS) is 11.1. The van der Waals surface area contributed by atoms with Gasteiger partial charge in [-0.15, -0.1) is 0 Å². The Labute approximate surface area is 157 Å². The van der Waals surface area contributed by atoms with Crippen LogP contribution in [0.2, 0.25) is 0 Å². The quantitative estimate of drug-likeness (QED) is 0.524. The first kappa shape index (κ1) is 17.2. The fourth-order valence-corrected chi connectivity index (χ4v) is 3.43. The number of nitrogens with one attached hydrogen (secondary N) is 1. The summed E-state index contributed by atoms with van der Waals surface area (Å²) in [5.74, 6) is 1.19. The lowest BCUT2D eigenvalue weighted by molar-refractivity contribution is 0.628. The van der Waals surface area contributed by atoms with Crippen LogP contribution in [0.15, 0.2) is 48.5 Å². The summed E-state index contributed by atoms with van der Waals surface area (Å²) in [7, 11) is 0. The maximum absolute atomic E-state index is 13.4. The van der Waals surface area contributed by atoms with E-state index in [0.717, 1.165) is 45.3 Å². The van der Waals surface area contributed by atoms with E-state index in [0.29, 0.717) is 5.78 Å². The van der Waals surface area contributed by atoms with Gasteiger partial charge in [-0.1, -0.05) is 18.2 Å². The summed E-state index contributed by atoms with van der Waals surface area (Å²) in [4.78, 5) is 9.34. The second-order valence-corrected chi connectivity index (χ2v) is 6.88. The Bertz CT molecular complexity index is 1120. The molecule has 0 radical (unpaired) electrons. The number of rotatable bonds is 3. The van der Waals surface area contributed by atoms with E-state index in [-0.39, 0.29) is 5.82 Å². The Morgan fingerprint density at radius 3 is 2.22 bits per heavy atom. The number of halogens is 1. The second-order valence-electron chi connectivity index (χ2n) is 6.88. The van der Waals surface area contributed by atoms with Crippen molar-refractivity contribution in [2.75, 3.05) is 5.32 Å². The Hall–Kier alpha value is -3.21. The molecule has 0 fully saturated rings. The smallest absolute Gasteiger partial charge is 0.236 e. The van der Waals surface area contributed by atoms with Gasteiger partial charge in [-0.3, -0.25) is 4.40 Å². The topological polar surface area (TPSA) is 42.2 Å². The molecule has 4 rings (SSSR count). The number of aryl methyl sites for hydroxylation is 4. The number of hydrogen-bond acceptors (Lipinski definition) is 3. The predicted molar refractivity (Wildman–Crippen MR) is 107 cm³/mol. The average molecular weight is 360 g/mol. The molecule has 0 spiro atoms. The molecule has 0 aliphatic heterocycles. The molecule has 136 valence electrons. The van der Waals surface area contributed by atoms with E-state index >= 15 is 0 Å². The van der Waals surface area contributed by atoms with Gasteiger partial charge in [0.05, 0.1) is 0 Å². The molecule has 2 aromatic heterocycles. The van der Waals surface area contributed by atoms with E-state index in [2.05, 4.69) is 36.3 Å². The monoisotopic (exact) mass is 360 g/mol. The highest BCUT2D eigenvalue weighted by Crippen LogP contribution is 2.33. The van der Waals surface area contributed by atoms with E-state index in [9.17, 15) is 4.39 Å². The number of para-hydroxylation sites is 1. The van der Waals surface area contributed by atoms with Crippen molar-refractivity contribution in [1.82, 2.24) is 14.4 Å². The number of anilines is 2. The fraction of sp³-hybridized carbons (Fsp3) is 0.182. The number of nitrogens with zero attached hydrogens (tertiary/aromatic N) is 3. The van der Waals surface area contributed by atoms with Gasteiger partial charge >= 0.3 is 0 Å². The Morgan fingerprint density at radius 2 is 1.56 bits per heavy atom. The molecule has 0 aliphatic rings. The van der Waals surface area contributed by atoms with Gasteiger partial charge in [-0.25, -0.2) is 14.4 Å². The molecule has 5 heteroatoms. The number of hydrogen-bond donors (Lipinski definition) is 1. The van der Waals surface area contributed by atoms with Crippen LogP contribution in [-0.4, -0.2) is 14.4 Å². The van der Waals surface area contributed by atoms with Crippen LogP contribution in [0.5, 0.6) is 0 Å². The maximum Gasteiger partial charge on any atom is 0.236 e. The highest BCUT2D eigenvalue weighted by atomic mass is 19.1. The Morgan fingerprint density at radius 1 is 0.889 bits per heavy atom. The van der Waals surface area contributed by atoms with Crippen LogP contribution in [0.4, 0.5) is 15.9 Å². The second kappa shape index (κ2) is 6.50. The van der Waals surface area contributed by atoms with Crippen LogP contribution in [0.3, 0.4) is 0 Å². The molecule has 0 amide bonds. The molecular weight excluding hydrogens is 339 g/mol. The molecule has 0 aliphatic carbocycles. The SMILES string of the molecule is Cc1cc(C)n2c(Nc3c(C)cccc3C)c(-c3ccc(F)cc3)nc2n1. The third-order valence-electron chi connectivity index (χ3n) is 4.75. The Balaban J connectivity index is 1.99. The molecular formula is C22H21FN4. The molecule has 1 N–H and O–H groups in total. The van der Waals surface area contributed by atoms with Crippen LogP contribution in [-0.2, 0) is 0 Å². The van der Waals surface area contributed by atoms with Gasteiger partial charge in [0.2, 0.25) is 5.78 Å². The van der Waals surface area contributed by atoms with E-state index in [1.165, 1.54) is 12.1 Å². The molecule has 0 saturated heterocycles. The van der Waals surface area contributed by atoms with Gasteiger partial charge in [-0.05, 0) is 69.2 Å². The van der Waals surface area contributed by atoms with Crippen molar-refractivity contribution in [3.8, 4) is 11.3 Å². The largest absolute Gasteiger partial charge is 0.339 e. The molecule has 4 nitrogen and oxygen atoms in total. The van der Waals surface area contributed by atoms with Gasteiger partial charge < -0.3 is 5.32 Å². The molecule has 0 atom stereocenters. The maximum atomic E-state index is 13.4. The molecule has 2 heterocycles. The van der Waals surface area contributed by atoms with Crippen molar-refractivity contribution in [2.24, 2.45) is 0 Å². The van der Waals surface area contributed by atoms with Gasteiger partial charge in [0.25, 0.3) is 0 Å². The molecule has 0 saturated carbocycles. The van der Waals surface area contributed by atoms with Crippen LogP contribution in [0.25, 0.3) is 17.0 Å². The lowest BCUT2D eigenvalue weighted by Gasteiger charge is -2.15. The first-order chi connectivity index (χ1) is 12.9. The zero-order chi connectivity index (χ0) is 19.1. The summed E-state index contributed by atoms with van der Waals surface area (Å²) in [6.07, 6.45) is 0. The minimum absolute atomic E-state index is 0.267. The highest BCUT2D eigenvalue weighted by Gasteiger charge is 2.18. The van der Waals surface area contributed by atoms with Crippen molar-refractivity contribution in [3.63, 3.8) is 0 Å². The molecule has 0 bridgehead atoms. The van der Waals surface area contributed by atoms with E-state index in [4.69, 9.17) is 4.98 Å². The number of benzene rings is 2. The van der Waals surface area contributed by atoms with Crippen molar-refractivity contribution in [1.29, 1.82) is 0 Å². The lowest BCUT2D eigenvalue weighted by atomic mass is 10.1. The average Bonchev–Trinajstić information content (AvgIpc) is 2.97. The number of imidazole rings is 1. The summed E-state index contributed by atoms with van der Waals surface area (Å²) >= 11 is 0. The van der Waals surface area contributed by atoms with Gasteiger partial charge in [0.15, 0.2) is 0 Å². The summed E-state index contributed by atoms with van der Waals surface area (Å²) in [6, 6.07) is 14.6. The van der Waals surface area contributed by atoms with Crippen molar-refractivity contribution >= 4 is 17.3 Å². The summed E-state index contributed by atoms with van der Waals surface area (Å²) < 4.78 is 15.4. The third kappa shape index (κ3) is 3.05. The van der Waals surface area contributed by atoms with E-state index in [1.807, 2.05) is 30.4 Å². The van der Waals surface area contributed by atoms with Crippen LogP contribution in [0, 0.1) is 33.5 Å². The van der Waals surface area contributed by atoms with Gasteiger partial charge in [0.1, 0.15) is 17.3 Å². The van der Waals surface area contributed by atoms with Crippen LogP contribution < -0.4 is 5.32 Å². The standard InChI is InChI=1S/C22H21FN4/c1-13-6-5-7-14(2)19(13)25-21-20(17-8-10-18(23)11-9-17)26-22-24-15(3)12-16(4)27(21)22/h5-12,25H,1-4H3. The first-order valence-corrected chi connectivity index (χ1v) is 8.90. The third-order valence-corrected chi connectivity index (χ3v) is 4.75.